The fourth-order valence-electron chi connectivity index (χ4n) is 2.06. The van der Waals surface area contributed by atoms with Crippen molar-refractivity contribution in [2.45, 2.75) is 6.42 Å². The molecular weight excluding hydrogens is 314 g/mol. The SMILES string of the molecule is C=CCOC(=O)N1CCc2c(C(=O)O)cc(Br)cc21. The average molecular weight is 326 g/mol. The van der Waals surface area contributed by atoms with Crippen molar-refractivity contribution in [3.63, 3.8) is 0 Å². The minimum absolute atomic E-state index is 0.129. The van der Waals surface area contributed by atoms with Crippen LogP contribution in [-0.4, -0.2) is 30.3 Å². The van der Waals surface area contributed by atoms with E-state index in [1.807, 2.05) is 0 Å². The summed E-state index contributed by atoms with van der Waals surface area (Å²) in [6.07, 6.45) is 1.50. The number of carbonyl (C=O) groups is 2. The molecule has 1 aliphatic heterocycles. The molecule has 0 atom stereocenters. The highest BCUT2D eigenvalue weighted by Gasteiger charge is 2.29. The molecule has 2 rings (SSSR count). The molecule has 6 heteroatoms. The largest absolute Gasteiger partial charge is 0.478 e. The third-order valence-electron chi connectivity index (χ3n) is 2.84. The molecule has 1 amide bonds. The summed E-state index contributed by atoms with van der Waals surface area (Å²) in [6.45, 7) is 4.02. The van der Waals surface area contributed by atoms with E-state index in [-0.39, 0.29) is 12.2 Å². The summed E-state index contributed by atoms with van der Waals surface area (Å²) in [7, 11) is 0. The van der Waals surface area contributed by atoms with E-state index in [0.29, 0.717) is 28.7 Å². The molecule has 1 N–H and O–H groups in total. The number of carbonyl (C=O) groups excluding carboxylic acids is 1. The predicted molar refractivity (Wildman–Crippen MR) is 73.7 cm³/mol. The van der Waals surface area contributed by atoms with Gasteiger partial charge in [0.05, 0.1) is 11.3 Å². The Bertz CT molecular complexity index is 556. The zero-order valence-electron chi connectivity index (χ0n) is 10.1. The van der Waals surface area contributed by atoms with Gasteiger partial charge in [0.2, 0.25) is 0 Å². The van der Waals surface area contributed by atoms with Crippen LogP contribution in [0, 0.1) is 0 Å². The first kappa shape index (κ1) is 13.6. The lowest BCUT2D eigenvalue weighted by molar-refractivity contribution is 0.0695. The van der Waals surface area contributed by atoms with Crippen molar-refractivity contribution in [3.8, 4) is 0 Å². The molecule has 0 bridgehead atoms. The Morgan fingerprint density at radius 2 is 2.26 bits per heavy atom. The van der Waals surface area contributed by atoms with Crippen LogP contribution in [0.25, 0.3) is 0 Å². The van der Waals surface area contributed by atoms with Crippen molar-refractivity contribution >= 4 is 33.7 Å². The number of hydrogen-bond donors (Lipinski definition) is 1. The number of nitrogens with zero attached hydrogens (tertiary/aromatic N) is 1. The third kappa shape index (κ3) is 2.63. The average Bonchev–Trinajstić information content (AvgIpc) is 2.78. The van der Waals surface area contributed by atoms with Crippen molar-refractivity contribution in [1.82, 2.24) is 0 Å². The minimum Gasteiger partial charge on any atom is -0.478 e. The summed E-state index contributed by atoms with van der Waals surface area (Å²) in [6, 6.07) is 3.27. The fraction of sp³-hybridized carbons (Fsp3) is 0.231. The van der Waals surface area contributed by atoms with Gasteiger partial charge in [0.1, 0.15) is 6.61 Å². The van der Waals surface area contributed by atoms with Crippen LogP contribution in [0.5, 0.6) is 0 Å². The predicted octanol–water partition coefficient (Wildman–Crippen LogP) is 2.83. The maximum Gasteiger partial charge on any atom is 0.414 e. The van der Waals surface area contributed by atoms with Crippen LogP contribution in [0.3, 0.4) is 0 Å². The van der Waals surface area contributed by atoms with Gasteiger partial charge in [0, 0.05) is 11.0 Å². The van der Waals surface area contributed by atoms with Crippen LogP contribution >= 0.6 is 15.9 Å². The van der Waals surface area contributed by atoms with Crippen molar-refractivity contribution in [2.75, 3.05) is 18.1 Å². The van der Waals surface area contributed by atoms with E-state index in [1.165, 1.54) is 11.0 Å². The number of rotatable bonds is 3. The maximum atomic E-state index is 11.9. The number of aromatic carboxylic acids is 1. The van der Waals surface area contributed by atoms with Crippen molar-refractivity contribution in [2.24, 2.45) is 0 Å². The number of carboxylic acids is 1. The minimum atomic E-state index is -1.00. The Morgan fingerprint density at radius 3 is 2.89 bits per heavy atom. The van der Waals surface area contributed by atoms with Gasteiger partial charge in [-0.3, -0.25) is 4.90 Å². The summed E-state index contributed by atoms with van der Waals surface area (Å²) in [4.78, 5) is 24.5. The van der Waals surface area contributed by atoms with E-state index in [9.17, 15) is 14.7 Å². The standard InChI is InChI=1S/C13H12BrNO4/c1-2-5-19-13(18)15-4-3-9-10(12(16)17)6-8(14)7-11(9)15/h2,6-7H,1,3-5H2,(H,16,17). The zero-order chi connectivity index (χ0) is 14.0. The number of amides is 1. The normalized spacial score (nSPS) is 13.0. The maximum absolute atomic E-state index is 11.9. The first-order chi connectivity index (χ1) is 9.04. The Morgan fingerprint density at radius 1 is 1.53 bits per heavy atom. The van der Waals surface area contributed by atoms with Crippen LogP contribution in [0.1, 0.15) is 15.9 Å². The lowest BCUT2D eigenvalue weighted by Gasteiger charge is -2.17. The first-order valence-corrected chi connectivity index (χ1v) is 6.44. The number of hydrogen-bond acceptors (Lipinski definition) is 3. The number of fused-ring (bicyclic) bond motifs is 1. The Hall–Kier alpha value is -1.82. The lowest BCUT2D eigenvalue weighted by Crippen LogP contribution is -2.29. The molecule has 0 saturated carbocycles. The number of anilines is 1. The molecule has 0 saturated heterocycles. The Balaban J connectivity index is 2.36. The van der Waals surface area contributed by atoms with E-state index >= 15 is 0 Å². The number of halogens is 1. The van der Waals surface area contributed by atoms with E-state index in [2.05, 4.69) is 22.5 Å². The third-order valence-corrected chi connectivity index (χ3v) is 3.30. The molecule has 5 nitrogen and oxygen atoms in total. The van der Waals surface area contributed by atoms with Gasteiger partial charge < -0.3 is 9.84 Å². The molecule has 0 aliphatic carbocycles. The molecule has 1 heterocycles. The van der Waals surface area contributed by atoms with Crippen LogP contribution < -0.4 is 4.90 Å². The van der Waals surface area contributed by atoms with Gasteiger partial charge in [-0.05, 0) is 24.1 Å². The summed E-state index contributed by atoms with van der Waals surface area (Å²) in [5.41, 5.74) is 1.45. The molecule has 0 fully saturated rings. The molecule has 100 valence electrons. The van der Waals surface area contributed by atoms with Crippen LogP contribution in [0.15, 0.2) is 29.3 Å². The summed E-state index contributed by atoms with van der Waals surface area (Å²) < 4.78 is 5.60. The second kappa shape index (κ2) is 5.44. The zero-order valence-corrected chi connectivity index (χ0v) is 11.6. The summed E-state index contributed by atoms with van der Waals surface area (Å²) >= 11 is 3.26. The van der Waals surface area contributed by atoms with Crippen molar-refractivity contribution in [3.05, 3.63) is 40.4 Å². The monoisotopic (exact) mass is 325 g/mol. The lowest BCUT2D eigenvalue weighted by atomic mass is 10.1. The fourth-order valence-corrected chi connectivity index (χ4v) is 2.50. The van der Waals surface area contributed by atoms with E-state index < -0.39 is 12.1 Å². The second-order valence-corrected chi connectivity index (χ2v) is 4.94. The van der Waals surface area contributed by atoms with E-state index in [1.54, 1.807) is 12.1 Å². The van der Waals surface area contributed by atoms with E-state index in [4.69, 9.17) is 4.74 Å². The van der Waals surface area contributed by atoms with Gasteiger partial charge >= 0.3 is 12.1 Å². The molecule has 1 aromatic rings. The summed E-state index contributed by atoms with van der Waals surface area (Å²) in [5, 5.41) is 9.17. The Kier molecular flexibility index (Phi) is 3.90. The van der Waals surface area contributed by atoms with Crippen LogP contribution in [-0.2, 0) is 11.2 Å². The highest BCUT2D eigenvalue weighted by Crippen LogP contribution is 2.34. The second-order valence-electron chi connectivity index (χ2n) is 4.02. The molecule has 0 radical (unpaired) electrons. The van der Waals surface area contributed by atoms with Gasteiger partial charge in [0.15, 0.2) is 0 Å². The van der Waals surface area contributed by atoms with Crippen molar-refractivity contribution < 1.29 is 19.4 Å². The quantitative estimate of drug-likeness (QED) is 0.868. The van der Waals surface area contributed by atoms with Crippen molar-refractivity contribution in [1.29, 1.82) is 0 Å². The van der Waals surface area contributed by atoms with Gasteiger partial charge in [-0.1, -0.05) is 28.6 Å². The number of ether oxygens (including phenoxy) is 1. The van der Waals surface area contributed by atoms with Crippen LogP contribution in [0.4, 0.5) is 10.5 Å². The highest BCUT2D eigenvalue weighted by atomic mass is 79.9. The molecule has 1 aromatic carbocycles. The molecule has 0 aromatic heterocycles. The number of benzene rings is 1. The van der Waals surface area contributed by atoms with Gasteiger partial charge in [-0.25, -0.2) is 9.59 Å². The van der Waals surface area contributed by atoms with Gasteiger partial charge in [0.25, 0.3) is 0 Å². The molecule has 19 heavy (non-hydrogen) atoms. The highest BCUT2D eigenvalue weighted by molar-refractivity contribution is 9.10. The van der Waals surface area contributed by atoms with Gasteiger partial charge in [-0.15, -0.1) is 0 Å². The van der Waals surface area contributed by atoms with Gasteiger partial charge in [-0.2, -0.15) is 0 Å². The molecular formula is C13H12BrNO4. The molecule has 0 unspecified atom stereocenters. The topological polar surface area (TPSA) is 66.8 Å². The summed E-state index contributed by atoms with van der Waals surface area (Å²) in [5.74, 6) is -1.00. The smallest absolute Gasteiger partial charge is 0.414 e. The van der Waals surface area contributed by atoms with E-state index in [0.717, 1.165) is 0 Å². The molecule has 0 spiro atoms. The Labute approximate surface area is 118 Å². The van der Waals surface area contributed by atoms with Crippen LogP contribution in [0.2, 0.25) is 0 Å². The molecule has 1 aliphatic rings. The number of carboxylic acid groups (broad SMARTS) is 1. The first-order valence-electron chi connectivity index (χ1n) is 5.65.